The fourth-order valence-electron chi connectivity index (χ4n) is 2.13. The van der Waals surface area contributed by atoms with E-state index in [4.69, 9.17) is 9.84 Å². The molecule has 0 aromatic carbocycles. The lowest BCUT2D eigenvalue weighted by Crippen LogP contribution is -2.55. The van der Waals surface area contributed by atoms with Crippen LogP contribution in [0.5, 0.6) is 0 Å². The first-order chi connectivity index (χ1) is 7.69. The third-order valence-corrected chi connectivity index (χ3v) is 3.25. The van der Waals surface area contributed by atoms with Crippen LogP contribution in [0.3, 0.4) is 0 Å². The van der Waals surface area contributed by atoms with E-state index < -0.39 is 0 Å². The van der Waals surface area contributed by atoms with Gasteiger partial charge in [-0.05, 0) is 26.2 Å². The quantitative estimate of drug-likeness (QED) is 0.716. The number of hydrogen-bond donors (Lipinski definition) is 2. The van der Waals surface area contributed by atoms with Gasteiger partial charge in [0.15, 0.2) is 0 Å². The van der Waals surface area contributed by atoms with E-state index in [1.54, 1.807) is 4.90 Å². The molecule has 2 aliphatic rings. The largest absolute Gasteiger partial charge is 0.394 e. The number of hydrogen-bond acceptors (Lipinski definition) is 3. The van der Waals surface area contributed by atoms with Crippen molar-refractivity contribution in [2.45, 2.75) is 44.4 Å². The molecule has 16 heavy (non-hydrogen) atoms. The molecule has 1 saturated carbocycles. The zero-order valence-electron chi connectivity index (χ0n) is 9.69. The number of ether oxygens (including phenoxy) is 1. The molecule has 1 aliphatic carbocycles. The molecule has 0 aromatic heterocycles. The van der Waals surface area contributed by atoms with E-state index in [2.05, 4.69) is 5.32 Å². The SMILES string of the molecule is CC1CN(C(=O)NC2CCC2)CC(CO)O1. The molecule has 2 rings (SSSR count). The molecule has 0 bridgehead atoms. The third kappa shape index (κ3) is 2.65. The van der Waals surface area contributed by atoms with Gasteiger partial charge in [0, 0.05) is 12.6 Å². The Labute approximate surface area is 95.8 Å². The van der Waals surface area contributed by atoms with Crippen molar-refractivity contribution in [3.05, 3.63) is 0 Å². The highest BCUT2D eigenvalue weighted by Crippen LogP contribution is 2.19. The second-order valence-corrected chi connectivity index (χ2v) is 4.73. The van der Waals surface area contributed by atoms with Crippen LogP contribution in [0.25, 0.3) is 0 Å². The summed E-state index contributed by atoms with van der Waals surface area (Å²) in [5.74, 6) is 0. The van der Waals surface area contributed by atoms with Crippen molar-refractivity contribution < 1.29 is 14.6 Å². The van der Waals surface area contributed by atoms with Crippen molar-refractivity contribution in [1.82, 2.24) is 10.2 Å². The molecule has 0 radical (unpaired) electrons. The number of rotatable bonds is 2. The molecule has 2 N–H and O–H groups in total. The number of morpholine rings is 1. The van der Waals surface area contributed by atoms with Crippen LogP contribution in [0.1, 0.15) is 26.2 Å². The van der Waals surface area contributed by atoms with E-state index in [1.807, 2.05) is 6.92 Å². The highest BCUT2D eigenvalue weighted by Gasteiger charge is 2.29. The first-order valence-corrected chi connectivity index (χ1v) is 6.01. The lowest BCUT2D eigenvalue weighted by molar-refractivity contribution is -0.0837. The molecule has 1 heterocycles. The second-order valence-electron chi connectivity index (χ2n) is 4.73. The minimum atomic E-state index is -0.240. The summed E-state index contributed by atoms with van der Waals surface area (Å²) >= 11 is 0. The minimum Gasteiger partial charge on any atom is -0.394 e. The molecule has 5 nitrogen and oxygen atoms in total. The molecule has 0 aromatic rings. The average molecular weight is 228 g/mol. The number of aliphatic hydroxyl groups is 1. The van der Waals surface area contributed by atoms with E-state index in [9.17, 15) is 4.79 Å². The van der Waals surface area contributed by atoms with Crippen molar-refractivity contribution in [3.63, 3.8) is 0 Å². The van der Waals surface area contributed by atoms with E-state index in [0.29, 0.717) is 19.1 Å². The number of urea groups is 1. The van der Waals surface area contributed by atoms with Crippen molar-refractivity contribution >= 4 is 6.03 Å². The van der Waals surface area contributed by atoms with Gasteiger partial charge in [-0.25, -0.2) is 4.79 Å². The van der Waals surface area contributed by atoms with E-state index in [1.165, 1.54) is 6.42 Å². The van der Waals surface area contributed by atoms with Gasteiger partial charge in [0.25, 0.3) is 0 Å². The van der Waals surface area contributed by atoms with E-state index in [-0.39, 0.29) is 24.8 Å². The minimum absolute atomic E-state index is 0.00181. The fraction of sp³-hybridized carbons (Fsp3) is 0.909. The third-order valence-electron chi connectivity index (χ3n) is 3.25. The molecule has 0 spiro atoms. The zero-order valence-corrected chi connectivity index (χ0v) is 9.69. The Hall–Kier alpha value is -0.810. The molecule has 92 valence electrons. The van der Waals surface area contributed by atoms with Crippen LogP contribution >= 0.6 is 0 Å². The van der Waals surface area contributed by atoms with Gasteiger partial charge < -0.3 is 20.1 Å². The summed E-state index contributed by atoms with van der Waals surface area (Å²) in [6.07, 6.45) is 3.15. The Morgan fingerprint density at radius 1 is 1.50 bits per heavy atom. The van der Waals surface area contributed by atoms with E-state index in [0.717, 1.165) is 12.8 Å². The monoisotopic (exact) mass is 228 g/mol. The van der Waals surface area contributed by atoms with Gasteiger partial charge in [-0.3, -0.25) is 0 Å². The van der Waals surface area contributed by atoms with Crippen LogP contribution in [-0.4, -0.2) is 54.0 Å². The van der Waals surface area contributed by atoms with Crippen molar-refractivity contribution in [2.75, 3.05) is 19.7 Å². The molecule has 2 amide bonds. The normalized spacial score (nSPS) is 31.0. The number of nitrogens with one attached hydrogen (secondary N) is 1. The molecule has 2 unspecified atom stereocenters. The van der Waals surface area contributed by atoms with Crippen molar-refractivity contribution in [2.24, 2.45) is 0 Å². The van der Waals surface area contributed by atoms with Gasteiger partial charge >= 0.3 is 6.03 Å². The number of carbonyl (C=O) groups excluding carboxylic acids is 1. The van der Waals surface area contributed by atoms with E-state index >= 15 is 0 Å². The maximum atomic E-state index is 11.9. The Morgan fingerprint density at radius 3 is 2.81 bits per heavy atom. The van der Waals surface area contributed by atoms with Crippen molar-refractivity contribution in [3.8, 4) is 0 Å². The van der Waals surface area contributed by atoms with Gasteiger partial charge in [0.2, 0.25) is 0 Å². The molecular formula is C11H20N2O3. The van der Waals surface area contributed by atoms with Gasteiger partial charge in [-0.15, -0.1) is 0 Å². The Balaban J connectivity index is 1.84. The zero-order chi connectivity index (χ0) is 11.5. The smallest absolute Gasteiger partial charge is 0.317 e. The number of nitrogens with zero attached hydrogens (tertiary/aromatic N) is 1. The van der Waals surface area contributed by atoms with Crippen LogP contribution in [0.4, 0.5) is 4.79 Å². The standard InChI is InChI=1S/C11H20N2O3/c1-8-5-13(6-10(7-14)16-8)11(15)12-9-3-2-4-9/h8-10,14H,2-7H2,1H3,(H,12,15). The Bertz CT molecular complexity index is 256. The summed E-state index contributed by atoms with van der Waals surface area (Å²) in [7, 11) is 0. The maximum Gasteiger partial charge on any atom is 0.317 e. The predicted octanol–water partition coefficient (Wildman–Crippen LogP) is 0.330. The maximum absolute atomic E-state index is 11.9. The van der Waals surface area contributed by atoms with Crippen LogP contribution in [0.2, 0.25) is 0 Å². The van der Waals surface area contributed by atoms with Crippen LogP contribution < -0.4 is 5.32 Å². The lowest BCUT2D eigenvalue weighted by atomic mass is 9.93. The molecule has 2 fully saturated rings. The highest BCUT2D eigenvalue weighted by atomic mass is 16.5. The summed E-state index contributed by atoms with van der Waals surface area (Å²) in [5, 5.41) is 12.1. The summed E-state index contributed by atoms with van der Waals surface area (Å²) in [5.41, 5.74) is 0. The summed E-state index contributed by atoms with van der Waals surface area (Å²) in [4.78, 5) is 13.6. The Morgan fingerprint density at radius 2 is 2.25 bits per heavy atom. The van der Waals surface area contributed by atoms with Gasteiger partial charge in [0.1, 0.15) is 0 Å². The molecule has 1 saturated heterocycles. The first-order valence-electron chi connectivity index (χ1n) is 6.01. The molecule has 2 atom stereocenters. The van der Waals surface area contributed by atoms with Gasteiger partial charge in [0.05, 0.1) is 25.4 Å². The average Bonchev–Trinajstić information content (AvgIpc) is 2.22. The van der Waals surface area contributed by atoms with Crippen LogP contribution in [-0.2, 0) is 4.74 Å². The topological polar surface area (TPSA) is 61.8 Å². The fourth-order valence-corrected chi connectivity index (χ4v) is 2.13. The molecular weight excluding hydrogens is 208 g/mol. The van der Waals surface area contributed by atoms with Crippen LogP contribution in [0, 0.1) is 0 Å². The number of amides is 2. The lowest BCUT2D eigenvalue weighted by Gasteiger charge is -2.37. The van der Waals surface area contributed by atoms with Gasteiger partial charge in [-0.2, -0.15) is 0 Å². The number of aliphatic hydroxyl groups excluding tert-OH is 1. The second kappa shape index (κ2) is 5.01. The van der Waals surface area contributed by atoms with Crippen LogP contribution in [0.15, 0.2) is 0 Å². The first kappa shape index (κ1) is 11.7. The van der Waals surface area contributed by atoms with Crippen molar-refractivity contribution in [1.29, 1.82) is 0 Å². The molecule has 5 heteroatoms. The molecule has 1 aliphatic heterocycles. The summed E-state index contributed by atoms with van der Waals surface area (Å²) in [6.45, 7) is 2.98. The Kier molecular flexibility index (Phi) is 3.66. The highest BCUT2D eigenvalue weighted by molar-refractivity contribution is 5.74. The number of carbonyl (C=O) groups is 1. The van der Waals surface area contributed by atoms with Gasteiger partial charge in [-0.1, -0.05) is 0 Å². The summed E-state index contributed by atoms with van der Waals surface area (Å²) < 4.78 is 5.49. The predicted molar refractivity (Wildman–Crippen MR) is 59.2 cm³/mol. The summed E-state index contributed by atoms with van der Waals surface area (Å²) in [6, 6.07) is 0.344.